The molecule has 0 aliphatic heterocycles. The second kappa shape index (κ2) is 2.73. The number of hydrogen-bond donors (Lipinski definition) is 0. The molecule has 1 aromatic rings. The lowest BCUT2D eigenvalue weighted by molar-refractivity contribution is 0.550. The first-order valence-electron chi connectivity index (χ1n) is 5.24. The second-order valence-electron chi connectivity index (χ2n) is 4.15. The predicted molar refractivity (Wildman–Crippen MR) is 55.6 cm³/mol. The molecule has 0 N–H and O–H groups in total. The summed E-state index contributed by atoms with van der Waals surface area (Å²) in [6, 6.07) is 8.87. The molecule has 1 fully saturated rings. The molecular formula is C13H14. The van der Waals surface area contributed by atoms with Crippen molar-refractivity contribution in [1.29, 1.82) is 0 Å². The Morgan fingerprint density at radius 3 is 3.00 bits per heavy atom. The van der Waals surface area contributed by atoms with Crippen LogP contribution in [0.25, 0.3) is 6.08 Å². The van der Waals surface area contributed by atoms with Gasteiger partial charge >= 0.3 is 0 Å². The second-order valence-corrected chi connectivity index (χ2v) is 4.15. The molecule has 66 valence electrons. The van der Waals surface area contributed by atoms with Crippen LogP contribution in [0.15, 0.2) is 29.8 Å². The summed E-state index contributed by atoms with van der Waals surface area (Å²) in [4.78, 5) is 0. The minimum atomic E-state index is 0.782. The standard InChI is InChI=1S/C13H14/c1-3-7-12-10(5-1)9-11-6-2-4-8-13(11)12/h1,3,5,7,9,13H,2,4,6,8H2. The van der Waals surface area contributed by atoms with Gasteiger partial charge in [-0.3, -0.25) is 0 Å². The van der Waals surface area contributed by atoms with Crippen molar-refractivity contribution in [2.75, 3.05) is 0 Å². The van der Waals surface area contributed by atoms with Crippen molar-refractivity contribution in [3.63, 3.8) is 0 Å². The SMILES string of the molecule is C1=C2CCCCC2c2ccccc21. The third-order valence-corrected chi connectivity index (χ3v) is 3.37. The predicted octanol–water partition coefficient (Wildman–Crippen LogP) is 3.74. The van der Waals surface area contributed by atoms with Crippen LogP contribution in [-0.4, -0.2) is 0 Å². The first-order valence-corrected chi connectivity index (χ1v) is 5.24. The molecule has 0 nitrogen and oxygen atoms in total. The summed E-state index contributed by atoms with van der Waals surface area (Å²) >= 11 is 0. The Kier molecular flexibility index (Phi) is 1.55. The van der Waals surface area contributed by atoms with Crippen LogP contribution in [-0.2, 0) is 0 Å². The van der Waals surface area contributed by atoms with Crippen molar-refractivity contribution < 1.29 is 0 Å². The smallest absolute Gasteiger partial charge is 0.00574 e. The van der Waals surface area contributed by atoms with Crippen molar-refractivity contribution in [3.05, 3.63) is 41.0 Å². The van der Waals surface area contributed by atoms with E-state index in [9.17, 15) is 0 Å². The van der Waals surface area contributed by atoms with Crippen LogP contribution >= 0.6 is 0 Å². The van der Waals surface area contributed by atoms with E-state index in [0.717, 1.165) is 5.92 Å². The summed E-state index contributed by atoms with van der Waals surface area (Å²) in [6.45, 7) is 0. The maximum atomic E-state index is 2.42. The molecule has 13 heavy (non-hydrogen) atoms. The summed E-state index contributed by atoms with van der Waals surface area (Å²) in [5, 5.41) is 0. The summed E-state index contributed by atoms with van der Waals surface area (Å²) in [5.74, 6) is 0.782. The molecule has 0 bridgehead atoms. The highest BCUT2D eigenvalue weighted by Gasteiger charge is 2.26. The van der Waals surface area contributed by atoms with E-state index in [-0.39, 0.29) is 0 Å². The van der Waals surface area contributed by atoms with Gasteiger partial charge in [-0.1, -0.05) is 42.3 Å². The Balaban J connectivity index is 2.09. The summed E-state index contributed by atoms with van der Waals surface area (Å²) in [6.07, 6.45) is 7.94. The van der Waals surface area contributed by atoms with E-state index < -0.39 is 0 Å². The van der Waals surface area contributed by atoms with E-state index in [1.807, 2.05) is 0 Å². The molecule has 0 radical (unpaired) electrons. The van der Waals surface area contributed by atoms with Crippen molar-refractivity contribution in [2.45, 2.75) is 31.6 Å². The van der Waals surface area contributed by atoms with Crippen molar-refractivity contribution in [1.82, 2.24) is 0 Å². The van der Waals surface area contributed by atoms with Gasteiger partial charge in [-0.15, -0.1) is 0 Å². The average molecular weight is 170 g/mol. The molecule has 0 amide bonds. The van der Waals surface area contributed by atoms with Crippen LogP contribution in [0.5, 0.6) is 0 Å². The number of benzene rings is 1. The monoisotopic (exact) mass is 170 g/mol. The van der Waals surface area contributed by atoms with Gasteiger partial charge in [0.05, 0.1) is 0 Å². The molecule has 3 rings (SSSR count). The number of allylic oxidation sites excluding steroid dienone is 1. The van der Waals surface area contributed by atoms with Crippen LogP contribution < -0.4 is 0 Å². The average Bonchev–Trinajstić information content (AvgIpc) is 2.56. The number of fused-ring (bicyclic) bond motifs is 3. The Morgan fingerprint density at radius 2 is 2.00 bits per heavy atom. The Bertz CT molecular complexity index is 360. The Hall–Kier alpha value is -1.04. The van der Waals surface area contributed by atoms with E-state index >= 15 is 0 Å². The van der Waals surface area contributed by atoms with Gasteiger partial charge in [0.25, 0.3) is 0 Å². The van der Waals surface area contributed by atoms with E-state index in [1.54, 1.807) is 11.1 Å². The largest absolute Gasteiger partial charge is 0.0621 e. The lowest BCUT2D eigenvalue weighted by Crippen LogP contribution is -2.04. The minimum absolute atomic E-state index is 0.782. The number of rotatable bonds is 0. The van der Waals surface area contributed by atoms with Crippen molar-refractivity contribution in [3.8, 4) is 0 Å². The van der Waals surface area contributed by atoms with E-state index in [4.69, 9.17) is 0 Å². The van der Waals surface area contributed by atoms with Crippen molar-refractivity contribution in [2.24, 2.45) is 0 Å². The van der Waals surface area contributed by atoms with Gasteiger partial charge in [0.1, 0.15) is 0 Å². The first kappa shape index (κ1) is 7.37. The van der Waals surface area contributed by atoms with Gasteiger partial charge in [0.2, 0.25) is 0 Å². The van der Waals surface area contributed by atoms with Gasteiger partial charge in [0, 0.05) is 5.92 Å². The van der Waals surface area contributed by atoms with Crippen LogP contribution in [0.2, 0.25) is 0 Å². The van der Waals surface area contributed by atoms with Crippen LogP contribution in [0.4, 0.5) is 0 Å². The zero-order valence-corrected chi connectivity index (χ0v) is 7.79. The third kappa shape index (κ3) is 1.05. The highest BCUT2D eigenvalue weighted by molar-refractivity contribution is 5.66. The van der Waals surface area contributed by atoms with E-state index in [1.165, 1.54) is 31.2 Å². The highest BCUT2D eigenvalue weighted by Crippen LogP contribution is 2.44. The third-order valence-electron chi connectivity index (χ3n) is 3.37. The quantitative estimate of drug-likeness (QED) is 0.556. The van der Waals surface area contributed by atoms with Crippen LogP contribution in [0, 0.1) is 0 Å². The fourth-order valence-corrected chi connectivity index (χ4v) is 2.72. The van der Waals surface area contributed by atoms with E-state index in [2.05, 4.69) is 30.3 Å². The summed E-state index contributed by atoms with van der Waals surface area (Å²) in [7, 11) is 0. The molecule has 0 saturated heterocycles. The van der Waals surface area contributed by atoms with Crippen LogP contribution in [0.1, 0.15) is 42.7 Å². The number of hydrogen-bond acceptors (Lipinski definition) is 0. The lowest BCUT2D eigenvalue weighted by Gasteiger charge is -2.21. The Morgan fingerprint density at radius 1 is 1.08 bits per heavy atom. The molecule has 0 aromatic heterocycles. The summed E-state index contributed by atoms with van der Waals surface area (Å²) < 4.78 is 0. The molecule has 1 saturated carbocycles. The topological polar surface area (TPSA) is 0 Å². The molecule has 1 aromatic carbocycles. The lowest BCUT2D eigenvalue weighted by atomic mass is 9.83. The van der Waals surface area contributed by atoms with E-state index in [0.29, 0.717) is 0 Å². The molecule has 0 heteroatoms. The molecule has 2 aliphatic rings. The zero-order valence-electron chi connectivity index (χ0n) is 7.79. The van der Waals surface area contributed by atoms with Gasteiger partial charge in [0.15, 0.2) is 0 Å². The molecule has 2 aliphatic carbocycles. The van der Waals surface area contributed by atoms with Gasteiger partial charge in [-0.05, 0) is 30.4 Å². The molecular weight excluding hydrogens is 156 g/mol. The maximum absolute atomic E-state index is 2.42. The minimum Gasteiger partial charge on any atom is -0.0621 e. The zero-order chi connectivity index (χ0) is 8.67. The fourth-order valence-electron chi connectivity index (χ4n) is 2.72. The first-order chi connectivity index (χ1) is 6.45. The van der Waals surface area contributed by atoms with Gasteiger partial charge in [-0.25, -0.2) is 0 Å². The van der Waals surface area contributed by atoms with Gasteiger partial charge in [-0.2, -0.15) is 0 Å². The fraction of sp³-hybridized carbons (Fsp3) is 0.385. The molecule has 1 unspecified atom stereocenters. The van der Waals surface area contributed by atoms with Crippen molar-refractivity contribution >= 4 is 6.08 Å². The van der Waals surface area contributed by atoms with Gasteiger partial charge < -0.3 is 0 Å². The Labute approximate surface area is 79.3 Å². The normalized spacial score (nSPS) is 24.9. The summed E-state index contributed by atoms with van der Waals surface area (Å²) in [5.41, 5.74) is 4.74. The highest BCUT2D eigenvalue weighted by atomic mass is 14.3. The molecule has 0 spiro atoms. The maximum Gasteiger partial charge on any atom is 0.00574 e. The molecule has 0 heterocycles. The van der Waals surface area contributed by atoms with Crippen LogP contribution in [0.3, 0.4) is 0 Å². The molecule has 1 atom stereocenters.